The van der Waals surface area contributed by atoms with Gasteiger partial charge in [-0.15, -0.1) is 0 Å². The first-order valence-electron chi connectivity index (χ1n) is 10.6. The molecule has 10 nitrogen and oxygen atoms in total. The van der Waals surface area contributed by atoms with Crippen molar-refractivity contribution in [1.82, 2.24) is 0 Å². The van der Waals surface area contributed by atoms with E-state index >= 15 is 0 Å². The summed E-state index contributed by atoms with van der Waals surface area (Å²) in [4.78, 5) is 9.72. The van der Waals surface area contributed by atoms with E-state index in [0.717, 1.165) is 24.6 Å². The minimum atomic E-state index is -5.84. The fourth-order valence-corrected chi connectivity index (χ4v) is 2.80. The minimum Gasteiger partial charge on any atom is -0.478 e. The summed E-state index contributed by atoms with van der Waals surface area (Å²) in [7, 11) is -11.7. The molecule has 2 atom stereocenters. The molecule has 2 heterocycles. The van der Waals surface area contributed by atoms with Gasteiger partial charge in [-0.3, -0.25) is 9.11 Å². The molecule has 1 saturated carbocycles. The van der Waals surface area contributed by atoms with Crippen molar-refractivity contribution in [2.24, 2.45) is 26.2 Å². The molecule has 0 aromatic rings. The molecule has 38 heavy (non-hydrogen) atoms. The summed E-state index contributed by atoms with van der Waals surface area (Å²) >= 11 is 0. The Kier molecular flexibility index (Phi) is 11.4. The molecule has 19 heteroatoms. The van der Waals surface area contributed by atoms with Crippen LogP contribution in [0.5, 0.6) is 0 Å². The number of aliphatic imine (C=N–C) groups is 2. The van der Waals surface area contributed by atoms with Crippen LogP contribution < -0.4 is 0 Å². The molecule has 0 amide bonds. The Morgan fingerprint density at radius 2 is 0.947 bits per heavy atom. The zero-order valence-corrected chi connectivity index (χ0v) is 23.7. The molecule has 3 rings (SSSR count). The number of nitrogens with zero attached hydrogens (tertiary/aromatic N) is 2. The first-order valence-corrected chi connectivity index (χ1v) is 13.5. The van der Waals surface area contributed by atoms with Crippen molar-refractivity contribution in [2.75, 3.05) is 13.2 Å². The third-order valence-electron chi connectivity index (χ3n) is 5.46. The van der Waals surface area contributed by atoms with E-state index in [-0.39, 0.29) is 45.4 Å². The number of hydrogen-bond donors (Lipinski definition) is 2. The fraction of sp³-hybridized carbons (Fsp3) is 0.895. The Labute approximate surface area is 227 Å². The zero-order chi connectivity index (χ0) is 29.5. The summed E-state index contributed by atoms with van der Waals surface area (Å²) in [5, 5.41) is 0. The van der Waals surface area contributed by atoms with Crippen LogP contribution in [0, 0.1) is 16.2 Å². The molecule has 1 radical (unpaired) electrons. The molecule has 0 aromatic heterocycles. The van der Waals surface area contributed by atoms with E-state index in [4.69, 9.17) is 45.4 Å². The van der Waals surface area contributed by atoms with Gasteiger partial charge in [0.05, 0.1) is 12.1 Å². The van der Waals surface area contributed by atoms with Crippen molar-refractivity contribution in [1.29, 1.82) is 0 Å². The van der Waals surface area contributed by atoms with E-state index < -0.39 is 31.3 Å². The van der Waals surface area contributed by atoms with Gasteiger partial charge in [0.1, 0.15) is 18.6 Å². The standard InChI is InChI=1S/C17H28N2O2.2CHF3O3S.Cu/c1-15(2,3)11-9-20-13(18-11)17(7-8-17)14-19-12(10-21-14)16(4,5)6;2*2-1(3,4)8(5,6)7;/h11-12H,7-10H2,1-6H3;2*(H,5,6,7);/t11-,12-;;;/m1.../s1. The predicted molar refractivity (Wildman–Crippen MR) is 120 cm³/mol. The van der Waals surface area contributed by atoms with Crippen LogP contribution in [-0.2, 0) is 46.8 Å². The van der Waals surface area contributed by atoms with Gasteiger partial charge in [0.15, 0.2) is 11.8 Å². The molecule has 3 aliphatic rings. The fourth-order valence-electron chi connectivity index (χ4n) is 2.80. The van der Waals surface area contributed by atoms with Crippen molar-refractivity contribution >= 4 is 32.0 Å². The third-order valence-corrected chi connectivity index (χ3v) is 6.63. The van der Waals surface area contributed by atoms with Gasteiger partial charge in [0.25, 0.3) is 0 Å². The minimum absolute atomic E-state index is 0. The van der Waals surface area contributed by atoms with E-state index in [1.807, 2.05) is 0 Å². The van der Waals surface area contributed by atoms with Crippen molar-refractivity contribution in [3.63, 3.8) is 0 Å². The maximum absolute atomic E-state index is 10.7. The Morgan fingerprint density at radius 3 is 1.08 bits per heavy atom. The van der Waals surface area contributed by atoms with Gasteiger partial charge in [-0.1, -0.05) is 41.5 Å². The molecular weight excluding hydrogens is 626 g/mol. The largest absolute Gasteiger partial charge is 0.522 e. The summed E-state index contributed by atoms with van der Waals surface area (Å²) in [6.07, 6.45) is 2.11. The summed E-state index contributed by atoms with van der Waals surface area (Å²) in [6.45, 7) is 14.7. The Morgan fingerprint density at radius 1 is 0.711 bits per heavy atom. The van der Waals surface area contributed by atoms with E-state index in [9.17, 15) is 26.3 Å². The smallest absolute Gasteiger partial charge is 0.478 e. The van der Waals surface area contributed by atoms with Crippen LogP contribution in [0.4, 0.5) is 26.3 Å². The average Bonchev–Trinajstić information content (AvgIpc) is 3.08. The summed E-state index contributed by atoms with van der Waals surface area (Å²) in [5.74, 6) is 1.74. The monoisotopic (exact) mass is 655 g/mol. The van der Waals surface area contributed by atoms with Crippen LogP contribution in [0.2, 0.25) is 0 Å². The summed E-state index contributed by atoms with van der Waals surface area (Å²) < 4.78 is 127. The van der Waals surface area contributed by atoms with Crippen LogP contribution in [0.25, 0.3) is 0 Å². The van der Waals surface area contributed by atoms with Gasteiger partial charge in [0.2, 0.25) is 0 Å². The molecule has 1 aliphatic carbocycles. The van der Waals surface area contributed by atoms with Crippen LogP contribution in [0.1, 0.15) is 54.4 Å². The molecular formula is C19H30CuF6N2O8S2. The molecule has 2 N–H and O–H groups in total. The molecule has 0 bridgehead atoms. The van der Waals surface area contributed by atoms with Gasteiger partial charge in [-0.25, -0.2) is 9.98 Å². The van der Waals surface area contributed by atoms with Gasteiger partial charge in [0, 0.05) is 17.1 Å². The summed E-state index contributed by atoms with van der Waals surface area (Å²) in [6, 6.07) is 0.482. The molecule has 0 spiro atoms. The molecule has 2 aliphatic heterocycles. The second kappa shape index (κ2) is 11.8. The van der Waals surface area contributed by atoms with Gasteiger partial charge >= 0.3 is 31.3 Å². The van der Waals surface area contributed by atoms with Crippen molar-refractivity contribution < 1.29 is 78.8 Å². The SMILES string of the molecule is CC(C)(C)[C@H]1COC(C2(C3=N[C@@H](C(C)(C)C)CO3)CC2)=N1.O=S(=O)(O)C(F)(F)F.O=S(=O)(O)C(F)(F)F.[Cu]. The molecule has 0 unspecified atom stereocenters. The van der Waals surface area contributed by atoms with Gasteiger partial charge < -0.3 is 9.47 Å². The van der Waals surface area contributed by atoms with Crippen molar-refractivity contribution in [2.45, 2.75) is 77.5 Å². The Bertz CT molecular complexity index is 1020. The predicted octanol–water partition coefficient (Wildman–Crippen LogP) is 4.24. The van der Waals surface area contributed by atoms with Crippen LogP contribution in [0.3, 0.4) is 0 Å². The van der Waals surface area contributed by atoms with E-state index in [0.29, 0.717) is 13.2 Å². The van der Waals surface area contributed by atoms with Crippen molar-refractivity contribution in [3.8, 4) is 0 Å². The number of hydrogen-bond acceptors (Lipinski definition) is 8. The van der Waals surface area contributed by atoms with Crippen LogP contribution >= 0.6 is 0 Å². The maximum Gasteiger partial charge on any atom is 0.522 e. The van der Waals surface area contributed by atoms with E-state index in [2.05, 4.69) is 41.5 Å². The average molecular weight is 656 g/mol. The quantitative estimate of drug-likeness (QED) is 0.194. The molecule has 229 valence electrons. The first-order chi connectivity index (χ1) is 16.1. The normalized spacial score (nSPS) is 23.2. The molecule has 0 aromatic carbocycles. The van der Waals surface area contributed by atoms with Crippen LogP contribution in [-0.4, -0.2) is 74.1 Å². The van der Waals surface area contributed by atoms with E-state index in [1.165, 1.54) is 0 Å². The third kappa shape index (κ3) is 9.80. The first kappa shape index (κ1) is 36.9. The maximum atomic E-state index is 10.7. The molecule has 0 saturated heterocycles. The zero-order valence-electron chi connectivity index (χ0n) is 21.1. The Balaban J connectivity index is 0.000000673. The van der Waals surface area contributed by atoms with E-state index in [1.54, 1.807) is 0 Å². The summed E-state index contributed by atoms with van der Waals surface area (Å²) in [5.41, 5.74) is -10.9. The van der Waals surface area contributed by atoms with Crippen molar-refractivity contribution in [3.05, 3.63) is 0 Å². The van der Waals surface area contributed by atoms with Crippen LogP contribution in [0.15, 0.2) is 9.98 Å². The number of alkyl halides is 6. The second-order valence-electron chi connectivity index (χ2n) is 10.7. The number of ether oxygens (including phenoxy) is 2. The van der Waals surface area contributed by atoms with Gasteiger partial charge in [-0.05, 0) is 23.7 Å². The second-order valence-corrected chi connectivity index (χ2v) is 13.5. The topological polar surface area (TPSA) is 152 Å². The Hall–Kier alpha value is -1.14. The van der Waals surface area contributed by atoms with Gasteiger partial charge in [-0.2, -0.15) is 43.2 Å². The molecule has 1 fully saturated rings. The number of halogens is 6. The number of rotatable bonds is 2.